The second kappa shape index (κ2) is 3.93. The average molecular weight is 203 g/mol. The third kappa shape index (κ3) is 1.96. The molecule has 80 valence electrons. The van der Waals surface area contributed by atoms with Crippen molar-refractivity contribution < 1.29 is 0 Å². The summed E-state index contributed by atoms with van der Waals surface area (Å²) in [6, 6.07) is 8.53. The van der Waals surface area contributed by atoms with Crippen LogP contribution in [0.2, 0.25) is 0 Å². The largest absolute Gasteiger partial charge is 0.378 e. The van der Waals surface area contributed by atoms with Crippen LogP contribution in [0, 0.1) is 0 Å². The van der Waals surface area contributed by atoms with Gasteiger partial charge in [-0.1, -0.05) is 0 Å². The maximum atomic E-state index is 4.49. The molecule has 1 aliphatic rings. The van der Waals surface area contributed by atoms with E-state index in [4.69, 9.17) is 0 Å². The number of aliphatic imine (C=N–C) groups is 1. The van der Waals surface area contributed by atoms with Gasteiger partial charge in [0.25, 0.3) is 0 Å². The van der Waals surface area contributed by atoms with Crippen molar-refractivity contribution in [1.29, 1.82) is 0 Å². The fourth-order valence-electron chi connectivity index (χ4n) is 1.75. The van der Waals surface area contributed by atoms with Gasteiger partial charge in [0, 0.05) is 38.9 Å². The summed E-state index contributed by atoms with van der Waals surface area (Å²) in [5.74, 6) is 1.11. The monoisotopic (exact) mass is 203 g/mol. The Morgan fingerprint density at radius 1 is 1.20 bits per heavy atom. The van der Waals surface area contributed by atoms with Gasteiger partial charge in [-0.2, -0.15) is 0 Å². The molecular weight excluding hydrogens is 186 g/mol. The van der Waals surface area contributed by atoms with Crippen molar-refractivity contribution >= 4 is 11.5 Å². The van der Waals surface area contributed by atoms with Crippen LogP contribution in [0.25, 0.3) is 0 Å². The van der Waals surface area contributed by atoms with Crippen molar-refractivity contribution in [2.24, 2.45) is 4.99 Å². The molecule has 0 bridgehead atoms. The zero-order valence-corrected chi connectivity index (χ0v) is 9.57. The third-order valence-corrected chi connectivity index (χ3v) is 2.70. The van der Waals surface area contributed by atoms with Crippen molar-refractivity contribution in [2.45, 2.75) is 0 Å². The number of hydrogen-bond donors (Lipinski definition) is 0. The van der Waals surface area contributed by atoms with Crippen LogP contribution in [0.4, 0.5) is 5.69 Å². The molecule has 1 aromatic carbocycles. The zero-order chi connectivity index (χ0) is 10.8. The standard InChI is InChI=1S/C12H17N3/c1-14(2)11-6-4-10(5-7-11)12-13-8-9-15(12)3/h4-7H,8-9H2,1-3H3. The van der Waals surface area contributed by atoms with Crippen molar-refractivity contribution in [2.75, 3.05) is 39.1 Å². The van der Waals surface area contributed by atoms with E-state index < -0.39 is 0 Å². The average Bonchev–Trinajstić information content (AvgIpc) is 2.65. The summed E-state index contributed by atoms with van der Waals surface area (Å²) in [5.41, 5.74) is 2.43. The fraction of sp³-hybridized carbons (Fsp3) is 0.417. The highest BCUT2D eigenvalue weighted by atomic mass is 15.2. The number of hydrogen-bond acceptors (Lipinski definition) is 3. The van der Waals surface area contributed by atoms with E-state index in [9.17, 15) is 0 Å². The molecule has 1 aromatic rings. The molecule has 0 saturated carbocycles. The molecule has 0 radical (unpaired) electrons. The lowest BCUT2D eigenvalue weighted by Gasteiger charge is -2.16. The third-order valence-electron chi connectivity index (χ3n) is 2.70. The number of rotatable bonds is 2. The normalized spacial score (nSPS) is 15.4. The zero-order valence-electron chi connectivity index (χ0n) is 9.57. The SMILES string of the molecule is CN1CCN=C1c1ccc(N(C)C)cc1. The number of amidine groups is 1. The Bertz CT molecular complexity index is 365. The number of anilines is 1. The molecule has 0 aliphatic carbocycles. The van der Waals surface area contributed by atoms with Gasteiger partial charge in [-0.25, -0.2) is 0 Å². The van der Waals surface area contributed by atoms with Gasteiger partial charge in [-0.3, -0.25) is 4.99 Å². The second-order valence-electron chi connectivity index (χ2n) is 4.07. The first kappa shape index (κ1) is 10.0. The fourth-order valence-corrected chi connectivity index (χ4v) is 1.75. The Morgan fingerprint density at radius 2 is 1.87 bits per heavy atom. The molecule has 0 atom stereocenters. The van der Waals surface area contributed by atoms with E-state index in [1.54, 1.807) is 0 Å². The van der Waals surface area contributed by atoms with Crippen LogP contribution in [0.5, 0.6) is 0 Å². The number of likely N-dealkylation sites (N-methyl/N-ethyl adjacent to an activating group) is 1. The molecule has 2 rings (SSSR count). The molecule has 0 saturated heterocycles. The van der Waals surface area contributed by atoms with E-state index in [1.807, 2.05) is 14.1 Å². The van der Waals surface area contributed by atoms with Crippen molar-refractivity contribution in [3.8, 4) is 0 Å². The first-order chi connectivity index (χ1) is 7.18. The van der Waals surface area contributed by atoms with Gasteiger partial charge in [0.15, 0.2) is 0 Å². The molecule has 3 heteroatoms. The molecule has 0 N–H and O–H groups in total. The Hall–Kier alpha value is -1.51. The summed E-state index contributed by atoms with van der Waals surface area (Å²) in [6.45, 7) is 1.95. The Morgan fingerprint density at radius 3 is 2.33 bits per heavy atom. The Kier molecular flexibility index (Phi) is 2.62. The molecule has 0 unspecified atom stereocenters. The molecule has 1 aliphatic heterocycles. The lowest BCUT2D eigenvalue weighted by atomic mass is 10.2. The van der Waals surface area contributed by atoms with Gasteiger partial charge >= 0.3 is 0 Å². The molecular formula is C12H17N3. The van der Waals surface area contributed by atoms with E-state index in [2.05, 4.69) is 46.1 Å². The summed E-state index contributed by atoms with van der Waals surface area (Å²) < 4.78 is 0. The van der Waals surface area contributed by atoms with Crippen LogP contribution >= 0.6 is 0 Å². The summed E-state index contributed by atoms with van der Waals surface area (Å²) in [5, 5.41) is 0. The van der Waals surface area contributed by atoms with Gasteiger partial charge in [-0.15, -0.1) is 0 Å². The first-order valence-corrected chi connectivity index (χ1v) is 5.22. The van der Waals surface area contributed by atoms with Crippen molar-refractivity contribution in [3.63, 3.8) is 0 Å². The van der Waals surface area contributed by atoms with Gasteiger partial charge in [0.2, 0.25) is 0 Å². The van der Waals surface area contributed by atoms with Gasteiger partial charge in [0.1, 0.15) is 5.84 Å². The highest BCUT2D eigenvalue weighted by Crippen LogP contribution is 2.15. The summed E-state index contributed by atoms with van der Waals surface area (Å²) in [7, 11) is 6.19. The van der Waals surface area contributed by atoms with E-state index in [-0.39, 0.29) is 0 Å². The summed E-state index contributed by atoms with van der Waals surface area (Å²) in [4.78, 5) is 8.79. The highest BCUT2D eigenvalue weighted by Gasteiger charge is 2.13. The predicted octanol–water partition coefficient (Wildman–Crippen LogP) is 1.44. The summed E-state index contributed by atoms with van der Waals surface area (Å²) >= 11 is 0. The van der Waals surface area contributed by atoms with E-state index in [0.29, 0.717) is 0 Å². The first-order valence-electron chi connectivity index (χ1n) is 5.22. The van der Waals surface area contributed by atoms with Crippen LogP contribution < -0.4 is 4.90 Å². The quantitative estimate of drug-likeness (QED) is 0.724. The minimum atomic E-state index is 0.918. The molecule has 0 fully saturated rings. The minimum absolute atomic E-state index is 0.918. The Balaban J connectivity index is 2.24. The van der Waals surface area contributed by atoms with Gasteiger partial charge in [-0.05, 0) is 24.3 Å². The predicted molar refractivity (Wildman–Crippen MR) is 64.8 cm³/mol. The van der Waals surface area contributed by atoms with Gasteiger partial charge in [0.05, 0.1) is 6.54 Å². The maximum absolute atomic E-state index is 4.49. The van der Waals surface area contributed by atoms with Crippen LogP contribution in [-0.2, 0) is 0 Å². The molecule has 15 heavy (non-hydrogen) atoms. The second-order valence-corrected chi connectivity index (χ2v) is 4.07. The smallest absolute Gasteiger partial charge is 0.130 e. The minimum Gasteiger partial charge on any atom is -0.378 e. The van der Waals surface area contributed by atoms with E-state index in [1.165, 1.54) is 11.3 Å². The summed E-state index contributed by atoms with van der Waals surface area (Å²) in [6.07, 6.45) is 0. The van der Waals surface area contributed by atoms with E-state index in [0.717, 1.165) is 18.9 Å². The maximum Gasteiger partial charge on any atom is 0.130 e. The molecule has 0 spiro atoms. The van der Waals surface area contributed by atoms with Crippen molar-refractivity contribution in [1.82, 2.24) is 4.90 Å². The van der Waals surface area contributed by atoms with E-state index >= 15 is 0 Å². The lowest BCUT2D eigenvalue weighted by molar-refractivity contribution is 0.557. The Labute approximate surface area is 91.0 Å². The van der Waals surface area contributed by atoms with Crippen LogP contribution in [0.15, 0.2) is 29.3 Å². The lowest BCUT2D eigenvalue weighted by Crippen LogP contribution is -2.23. The van der Waals surface area contributed by atoms with Gasteiger partial charge < -0.3 is 9.80 Å². The highest BCUT2D eigenvalue weighted by molar-refractivity contribution is 5.99. The molecule has 0 aromatic heterocycles. The van der Waals surface area contributed by atoms with Crippen molar-refractivity contribution in [3.05, 3.63) is 29.8 Å². The number of benzene rings is 1. The molecule has 1 heterocycles. The molecule has 0 amide bonds. The number of nitrogens with zero attached hydrogens (tertiary/aromatic N) is 3. The van der Waals surface area contributed by atoms with Crippen LogP contribution in [0.3, 0.4) is 0 Å². The van der Waals surface area contributed by atoms with Crippen LogP contribution in [0.1, 0.15) is 5.56 Å². The topological polar surface area (TPSA) is 18.8 Å². The molecule has 3 nitrogen and oxygen atoms in total. The van der Waals surface area contributed by atoms with Crippen LogP contribution in [-0.4, -0.2) is 45.0 Å².